The molecule has 0 aromatic heterocycles. The van der Waals surface area contributed by atoms with Gasteiger partial charge in [0.15, 0.2) is 0 Å². The molecule has 0 saturated heterocycles. The van der Waals surface area contributed by atoms with E-state index >= 15 is 0 Å². The highest BCUT2D eigenvalue weighted by atomic mass is 19.4. The predicted octanol–water partition coefficient (Wildman–Crippen LogP) is 3.38. The summed E-state index contributed by atoms with van der Waals surface area (Å²) in [5.74, 6) is -0.261. The molecule has 0 unspecified atom stereocenters. The SMILES string of the molecule is CCOCCCOc1ccc(C#N)cc1C(F)(F)F. The van der Waals surface area contributed by atoms with E-state index in [9.17, 15) is 13.2 Å². The van der Waals surface area contributed by atoms with Crippen LogP contribution in [0.2, 0.25) is 0 Å². The van der Waals surface area contributed by atoms with Gasteiger partial charge in [0, 0.05) is 19.6 Å². The van der Waals surface area contributed by atoms with E-state index in [2.05, 4.69) is 0 Å². The Morgan fingerprint density at radius 1 is 1.26 bits per heavy atom. The maximum absolute atomic E-state index is 12.8. The first kappa shape index (κ1) is 15.3. The molecule has 104 valence electrons. The summed E-state index contributed by atoms with van der Waals surface area (Å²) in [4.78, 5) is 0. The molecule has 0 atom stereocenters. The molecule has 0 aliphatic heterocycles. The Morgan fingerprint density at radius 2 is 2.00 bits per heavy atom. The van der Waals surface area contributed by atoms with Crippen molar-refractivity contribution in [3.8, 4) is 11.8 Å². The topological polar surface area (TPSA) is 42.2 Å². The van der Waals surface area contributed by atoms with Crippen LogP contribution in [0.25, 0.3) is 0 Å². The van der Waals surface area contributed by atoms with Crippen molar-refractivity contribution in [1.29, 1.82) is 5.26 Å². The van der Waals surface area contributed by atoms with Gasteiger partial charge in [-0.1, -0.05) is 0 Å². The molecule has 0 bridgehead atoms. The number of nitriles is 1. The third-order valence-corrected chi connectivity index (χ3v) is 2.31. The Bertz CT molecular complexity index is 452. The van der Waals surface area contributed by atoms with Gasteiger partial charge >= 0.3 is 6.18 Å². The van der Waals surface area contributed by atoms with Gasteiger partial charge in [-0.25, -0.2) is 0 Å². The van der Waals surface area contributed by atoms with Gasteiger partial charge in [0.05, 0.1) is 23.8 Å². The maximum atomic E-state index is 12.8. The monoisotopic (exact) mass is 273 g/mol. The Morgan fingerprint density at radius 3 is 2.58 bits per heavy atom. The highest BCUT2D eigenvalue weighted by molar-refractivity contribution is 5.43. The number of benzene rings is 1. The molecule has 1 aromatic rings. The molecular weight excluding hydrogens is 259 g/mol. The van der Waals surface area contributed by atoms with Crippen LogP contribution in [0, 0.1) is 11.3 Å². The van der Waals surface area contributed by atoms with Crippen molar-refractivity contribution >= 4 is 0 Å². The number of ether oxygens (including phenoxy) is 2. The average Bonchev–Trinajstić information content (AvgIpc) is 2.37. The molecule has 0 amide bonds. The Balaban J connectivity index is 2.74. The number of nitrogens with zero attached hydrogens (tertiary/aromatic N) is 1. The van der Waals surface area contributed by atoms with E-state index in [1.165, 1.54) is 12.1 Å². The van der Waals surface area contributed by atoms with Gasteiger partial charge in [-0.3, -0.25) is 0 Å². The van der Waals surface area contributed by atoms with Crippen LogP contribution in [0.3, 0.4) is 0 Å². The second-order valence-corrected chi connectivity index (χ2v) is 3.72. The molecule has 0 aliphatic carbocycles. The van der Waals surface area contributed by atoms with Crippen molar-refractivity contribution in [2.75, 3.05) is 19.8 Å². The van der Waals surface area contributed by atoms with Crippen molar-refractivity contribution in [2.24, 2.45) is 0 Å². The molecule has 1 aromatic carbocycles. The summed E-state index contributed by atoms with van der Waals surface area (Å²) in [5, 5.41) is 8.62. The highest BCUT2D eigenvalue weighted by Crippen LogP contribution is 2.36. The fraction of sp³-hybridized carbons (Fsp3) is 0.462. The first-order valence-electron chi connectivity index (χ1n) is 5.81. The van der Waals surface area contributed by atoms with Gasteiger partial charge in [-0.2, -0.15) is 18.4 Å². The normalized spacial score (nSPS) is 11.1. The molecule has 0 fully saturated rings. The summed E-state index contributed by atoms with van der Waals surface area (Å²) >= 11 is 0. The molecule has 1 rings (SSSR count). The highest BCUT2D eigenvalue weighted by Gasteiger charge is 2.34. The minimum atomic E-state index is -4.54. The van der Waals surface area contributed by atoms with E-state index in [1.807, 2.05) is 6.92 Å². The molecule has 0 aliphatic rings. The Hall–Kier alpha value is -1.74. The number of hydrogen-bond donors (Lipinski definition) is 0. The third-order valence-electron chi connectivity index (χ3n) is 2.31. The third kappa shape index (κ3) is 4.79. The molecule has 6 heteroatoms. The molecule has 0 radical (unpaired) electrons. The van der Waals surface area contributed by atoms with Crippen LogP contribution in [0.5, 0.6) is 5.75 Å². The van der Waals surface area contributed by atoms with Crippen molar-refractivity contribution < 1.29 is 22.6 Å². The quantitative estimate of drug-likeness (QED) is 0.746. The van der Waals surface area contributed by atoms with Gasteiger partial charge in [-0.15, -0.1) is 0 Å². The molecular formula is C13H14F3NO2. The minimum Gasteiger partial charge on any atom is -0.493 e. The van der Waals surface area contributed by atoms with Crippen molar-refractivity contribution in [1.82, 2.24) is 0 Å². The van der Waals surface area contributed by atoms with Crippen LogP contribution >= 0.6 is 0 Å². The molecule has 19 heavy (non-hydrogen) atoms. The molecule has 0 heterocycles. The van der Waals surface area contributed by atoms with Gasteiger partial charge in [0.25, 0.3) is 0 Å². The fourth-order valence-electron chi connectivity index (χ4n) is 1.43. The zero-order valence-electron chi connectivity index (χ0n) is 10.5. The van der Waals surface area contributed by atoms with Gasteiger partial charge in [0.1, 0.15) is 5.75 Å². The number of hydrogen-bond acceptors (Lipinski definition) is 3. The van der Waals surface area contributed by atoms with E-state index in [0.29, 0.717) is 19.6 Å². The van der Waals surface area contributed by atoms with E-state index in [-0.39, 0.29) is 17.9 Å². The van der Waals surface area contributed by atoms with Crippen LogP contribution in [0.15, 0.2) is 18.2 Å². The van der Waals surface area contributed by atoms with Crippen molar-refractivity contribution in [3.63, 3.8) is 0 Å². The largest absolute Gasteiger partial charge is 0.493 e. The Labute approximate surface area is 109 Å². The number of halogens is 3. The summed E-state index contributed by atoms with van der Waals surface area (Å²) in [6, 6.07) is 4.93. The fourth-order valence-corrected chi connectivity index (χ4v) is 1.43. The smallest absolute Gasteiger partial charge is 0.420 e. The standard InChI is InChI=1S/C13H14F3NO2/c1-2-18-6-3-7-19-12-5-4-10(9-17)8-11(12)13(14,15)16/h4-5,8H,2-3,6-7H2,1H3. The lowest BCUT2D eigenvalue weighted by Gasteiger charge is -2.14. The maximum Gasteiger partial charge on any atom is 0.420 e. The summed E-state index contributed by atoms with van der Waals surface area (Å²) in [6.07, 6.45) is -4.03. The lowest BCUT2D eigenvalue weighted by atomic mass is 10.1. The number of alkyl halides is 3. The van der Waals surface area contributed by atoms with Crippen LogP contribution in [-0.2, 0) is 10.9 Å². The lowest BCUT2D eigenvalue weighted by Crippen LogP contribution is -2.10. The van der Waals surface area contributed by atoms with Crippen LogP contribution in [0.1, 0.15) is 24.5 Å². The zero-order valence-corrected chi connectivity index (χ0v) is 10.5. The minimum absolute atomic E-state index is 0.0472. The lowest BCUT2D eigenvalue weighted by molar-refractivity contribution is -0.139. The molecule has 0 spiro atoms. The van der Waals surface area contributed by atoms with Crippen molar-refractivity contribution in [2.45, 2.75) is 19.5 Å². The summed E-state index contributed by atoms with van der Waals surface area (Å²) in [6.45, 7) is 2.97. The van der Waals surface area contributed by atoms with Crippen LogP contribution < -0.4 is 4.74 Å². The first-order chi connectivity index (χ1) is 8.99. The predicted molar refractivity (Wildman–Crippen MR) is 62.8 cm³/mol. The Kier molecular flexibility index (Phi) is 5.64. The molecule has 0 N–H and O–H groups in total. The summed E-state index contributed by atoms with van der Waals surface area (Å²) < 4.78 is 48.5. The second kappa shape index (κ2) is 7.00. The van der Waals surface area contributed by atoms with Crippen LogP contribution in [0.4, 0.5) is 13.2 Å². The summed E-state index contributed by atoms with van der Waals surface area (Å²) in [5.41, 5.74) is -0.975. The van der Waals surface area contributed by atoms with Crippen molar-refractivity contribution in [3.05, 3.63) is 29.3 Å². The molecule has 3 nitrogen and oxygen atoms in total. The van der Waals surface area contributed by atoms with Gasteiger partial charge in [0.2, 0.25) is 0 Å². The average molecular weight is 273 g/mol. The van der Waals surface area contributed by atoms with E-state index < -0.39 is 11.7 Å². The first-order valence-corrected chi connectivity index (χ1v) is 5.81. The van der Waals surface area contributed by atoms with Gasteiger partial charge < -0.3 is 9.47 Å². The van der Waals surface area contributed by atoms with E-state index in [4.69, 9.17) is 14.7 Å². The second-order valence-electron chi connectivity index (χ2n) is 3.72. The summed E-state index contributed by atoms with van der Waals surface area (Å²) in [7, 11) is 0. The number of rotatable bonds is 6. The van der Waals surface area contributed by atoms with E-state index in [1.54, 1.807) is 6.07 Å². The zero-order chi connectivity index (χ0) is 14.3. The van der Waals surface area contributed by atoms with Gasteiger partial charge in [-0.05, 0) is 25.1 Å². The van der Waals surface area contributed by atoms with Crippen LogP contribution in [-0.4, -0.2) is 19.8 Å². The molecule has 0 saturated carbocycles. The van der Waals surface area contributed by atoms with E-state index in [0.717, 1.165) is 6.07 Å².